The molecule has 0 aliphatic rings. The minimum absolute atomic E-state index is 0.0930. The number of halogens is 6. The number of carboxylic acid groups (broad SMARTS) is 1. The Kier molecular flexibility index (Phi) is 4.66. The number of carbonyl (C=O) groups is 1. The smallest absolute Gasteiger partial charge is 0.427 e. The first-order chi connectivity index (χ1) is 9.86. The fraction of sp³-hybridized carbons (Fsp3) is 0.417. The van der Waals surface area contributed by atoms with Crippen LogP contribution in [0.3, 0.4) is 0 Å². The molecule has 0 aliphatic carbocycles. The number of alkyl halides is 6. The van der Waals surface area contributed by atoms with Crippen molar-refractivity contribution in [2.24, 2.45) is 0 Å². The first-order valence-corrected chi connectivity index (χ1v) is 5.58. The van der Waals surface area contributed by atoms with Crippen LogP contribution in [-0.4, -0.2) is 41.2 Å². The summed E-state index contributed by atoms with van der Waals surface area (Å²) < 4.78 is 81.4. The van der Waals surface area contributed by atoms with E-state index in [0.717, 1.165) is 12.1 Å². The van der Waals surface area contributed by atoms with Gasteiger partial charge < -0.3 is 14.9 Å². The van der Waals surface area contributed by atoms with Crippen molar-refractivity contribution < 1.29 is 46.1 Å². The lowest BCUT2D eigenvalue weighted by molar-refractivity contribution is -0.373. The fourth-order valence-electron chi connectivity index (χ4n) is 1.85. The largest absolute Gasteiger partial charge is 0.497 e. The lowest BCUT2D eigenvalue weighted by atomic mass is 9.80. The number of rotatable bonds is 4. The van der Waals surface area contributed by atoms with E-state index in [2.05, 4.69) is 4.74 Å². The van der Waals surface area contributed by atoms with Crippen molar-refractivity contribution in [3.8, 4) is 5.75 Å². The van der Waals surface area contributed by atoms with E-state index in [1.807, 2.05) is 0 Å². The predicted octanol–water partition coefficient (Wildman–Crippen LogP) is 2.72. The van der Waals surface area contributed by atoms with Gasteiger partial charge in [0.25, 0.3) is 5.60 Å². The minimum Gasteiger partial charge on any atom is -0.497 e. The quantitative estimate of drug-likeness (QED) is 0.832. The molecule has 0 heterocycles. The number of carboxylic acids is 1. The average Bonchev–Trinajstić information content (AvgIpc) is 2.36. The fourth-order valence-corrected chi connectivity index (χ4v) is 1.85. The first-order valence-electron chi connectivity index (χ1n) is 5.58. The van der Waals surface area contributed by atoms with Crippen LogP contribution in [-0.2, 0) is 4.79 Å². The molecule has 2 N–H and O–H groups in total. The van der Waals surface area contributed by atoms with Crippen LogP contribution in [0.4, 0.5) is 26.3 Å². The molecule has 0 bridgehead atoms. The molecule has 0 saturated carbocycles. The summed E-state index contributed by atoms with van der Waals surface area (Å²) in [6.45, 7) is 0. The molecule has 0 aliphatic heterocycles. The normalized spacial score (nSPS) is 14.5. The van der Waals surface area contributed by atoms with Gasteiger partial charge in [-0.15, -0.1) is 0 Å². The maximum absolute atomic E-state index is 12.8. The second-order valence-electron chi connectivity index (χ2n) is 4.31. The molecular weight excluding hydrogens is 322 g/mol. The number of hydrogen-bond donors (Lipinski definition) is 2. The SMILES string of the molecule is COc1ccc(C(C(=O)O)C(O)(C(F)(F)F)C(F)(F)F)cc1. The Hall–Kier alpha value is -1.97. The second kappa shape index (κ2) is 5.67. The van der Waals surface area contributed by atoms with E-state index in [1.165, 1.54) is 7.11 Å². The van der Waals surface area contributed by atoms with E-state index >= 15 is 0 Å². The highest BCUT2D eigenvalue weighted by molar-refractivity contribution is 5.78. The number of methoxy groups -OCH3 is 1. The molecule has 0 saturated heterocycles. The molecule has 1 aromatic rings. The van der Waals surface area contributed by atoms with Crippen molar-refractivity contribution in [1.82, 2.24) is 0 Å². The first kappa shape index (κ1) is 18.1. The van der Waals surface area contributed by atoms with Gasteiger partial charge >= 0.3 is 18.3 Å². The molecule has 0 aromatic heterocycles. The summed E-state index contributed by atoms with van der Waals surface area (Å²) in [6.07, 6.45) is -12.5. The second-order valence-corrected chi connectivity index (χ2v) is 4.31. The van der Waals surface area contributed by atoms with Crippen LogP contribution < -0.4 is 4.74 Å². The van der Waals surface area contributed by atoms with Crippen LogP contribution in [0.15, 0.2) is 24.3 Å². The molecule has 1 rings (SSSR count). The van der Waals surface area contributed by atoms with Gasteiger partial charge in [0.15, 0.2) is 0 Å². The third-order valence-corrected chi connectivity index (χ3v) is 2.98. The predicted molar refractivity (Wildman–Crippen MR) is 60.4 cm³/mol. The van der Waals surface area contributed by atoms with E-state index in [9.17, 15) is 36.2 Å². The molecular formula is C12H10F6O4. The Bertz CT molecular complexity index is 520. The maximum atomic E-state index is 12.8. The maximum Gasteiger partial charge on any atom is 0.427 e. The van der Waals surface area contributed by atoms with Crippen molar-refractivity contribution in [3.05, 3.63) is 29.8 Å². The van der Waals surface area contributed by atoms with Gasteiger partial charge in [-0.3, -0.25) is 4.79 Å². The number of benzene rings is 1. The number of aliphatic carboxylic acids is 1. The molecule has 10 heteroatoms. The van der Waals surface area contributed by atoms with Gasteiger partial charge in [-0.2, -0.15) is 26.3 Å². The van der Waals surface area contributed by atoms with Gasteiger partial charge in [-0.1, -0.05) is 12.1 Å². The number of hydrogen-bond acceptors (Lipinski definition) is 3. The van der Waals surface area contributed by atoms with Gasteiger partial charge in [0.05, 0.1) is 7.11 Å². The van der Waals surface area contributed by atoms with Crippen LogP contribution >= 0.6 is 0 Å². The molecule has 4 nitrogen and oxygen atoms in total. The van der Waals surface area contributed by atoms with E-state index in [-0.39, 0.29) is 5.75 Å². The summed E-state index contributed by atoms with van der Waals surface area (Å²) in [5.41, 5.74) is -6.30. The third-order valence-electron chi connectivity index (χ3n) is 2.98. The van der Waals surface area contributed by atoms with E-state index in [4.69, 9.17) is 5.11 Å². The Balaban J connectivity index is 3.53. The van der Waals surface area contributed by atoms with Crippen molar-refractivity contribution in [2.75, 3.05) is 7.11 Å². The van der Waals surface area contributed by atoms with E-state index in [1.54, 1.807) is 0 Å². The lowest BCUT2D eigenvalue weighted by Crippen LogP contribution is -2.62. The molecule has 1 atom stereocenters. The van der Waals surface area contributed by atoms with Gasteiger partial charge in [0, 0.05) is 0 Å². The average molecular weight is 332 g/mol. The van der Waals surface area contributed by atoms with E-state index < -0.39 is 35.4 Å². The topological polar surface area (TPSA) is 66.8 Å². The van der Waals surface area contributed by atoms with Crippen molar-refractivity contribution in [3.63, 3.8) is 0 Å². The summed E-state index contributed by atoms with van der Waals surface area (Å²) in [7, 11) is 1.20. The molecule has 0 amide bonds. The van der Waals surface area contributed by atoms with Gasteiger partial charge in [-0.25, -0.2) is 0 Å². The molecule has 0 fully saturated rings. The molecule has 0 spiro atoms. The molecule has 124 valence electrons. The third kappa shape index (κ3) is 2.96. The highest BCUT2D eigenvalue weighted by Crippen LogP contribution is 2.51. The summed E-state index contributed by atoms with van der Waals surface area (Å²) in [5.74, 6) is -5.66. The zero-order valence-corrected chi connectivity index (χ0v) is 10.9. The van der Waals surface area contributed by atoms with Crippen molar-refractivity contribution in [1.29, 1.82) is 0 Å². The zero-order valence-electron chi connectivity index (χ0n) is 10.9. The van der Waals surface area contributed by atoms with Crippen molar-refractivity contribution in [2.45, 2.75) is 23.9 Å². The molecule has 1 unspecified atom stereocenters. The van der Waals surface area contributed by atoms with Crippen LogP contribution in [0.25, 0.3) is 0 Å². The summed E-state index contributed by atoms with van der Waals surface area (Å²) in [4.78, 5) is 11.0. The highest BCUT2D eigenvalue weighted by atomic mass is 19.4. The van der Waals surface area contributed by atoms with E-state index in [0.29, 0.717) is 12.1 Å². The zero-order chi connectivity index (χ0) is 17.3. The van der Waals surface area contributed by atoms with Gasteiger partial charge in [0.1, 0.15) is 11.7 Å². The standard InChI is InChI=1S/C12H10F6O4/c1-22-7-4-2-6(3-5-7)8(9(19)20)10(21,11(13,14)15)12(16,17)18/h2-5,8,21H,1H3,(H,19,20). The lowest BCUT2D eigenvalue weighted by Gasteiger charge is -2.36. The Morgan fingerprint density at radius 3 is 1.73 bits per heavy atom. The van der Waals surface area contributed by atoms with Crippen LogP contribution in [0.2, 0.25) is 0 Å². The summed E-state index contributed by atoms with van der Waals surface area (Å²) in [5, 5.41) is 18.1. The summed E-state index contributed by atoms with van der Waals surface area (Å²) >= 11 is 0. The number of aliphatic hydroxyl groups is 1. The monoisotopic (exact) mass is 332 g/mol. The molecule has 1 aromatic carbocycles. The van der Waals surface area contributed by atoms with Crippen LogP contribution in [0.1, 0.15) is 11.5 Å². The minimum atomic E-state index is -6.24. The Morgan fingerprint density at radius 2 is 1.45 bits per heavy atom. The van der Waals surface area contributed by atoms with Gasteiger partial charge in [-0.05, 0) is 17.7 Å². The number of ether oxygens (including phenoxy) is 1. The molecule has 22 heavy (non-hydrogen) atoms. The van der Waals surface area contributed by atoms with Crippen LogP contribution in [0.5, 0.6) is 5.75 Å². The van der Waals surface area contributed by atoms with Gasteiger partial charge in [0.2, 0.25) is 0 Å². The Labute approximate surface area is 119 Å². The summed E-state index contributed by atoms with van der Waals surface area (Å²) in [6, 6.07) is 3.39. The van der Waals surface area contributed by atoms with Crippen LogP contribution in [0, 0.1) is 0 Å². The molecule has 0 radical (unpaired) electrons. The van der Waals surface area contributed by atoms with Crippen molar-refractivity contribution >= 4 is 5.97 Å². The highest BCUT2D eigenvalue weighted by Gasteiger charge is 2.75. The Morgan fingerprint density at radius 1 is 1.05 bits per heavy atom.